The summed E-state index contributed by atoms with van der Waals surface area (Å²) in [6, 6.07) is 14.1. The molecule has 0 saturated carbocycles. The van der Waals surface area contributed by atoms with Crippen LogP contribution in [0.5, 0.6) is 5.75 Å². The second kappa shape index (κ2) is 7.31. The van der Waals surface area contributed by atoms with Gasteiger partial charge < -0.3 is 9.64 Å². The molecule has 1 amide bonds. The number of amides is 1. The fourth-order valence-electron chi connectivity index (χ4n) is 3.21. The number of hydrogen-bond donors (Lipinski definition) is 0. The Hall–Kier alpha value is -1.94. The third-order valence-electron chi connectivity index (χ3n) is 4.45. The van der Waals surface area contributed by atoms with Crippen molar-refractivity contribution in [3.05, 3.63) is 53.6 Å². The van der Waals surface area contributed by atoms with Gasteiger partial charge in [0.15, 0.2) is 0 Å². The number of carbonyl (C=O) groups is 1. The van der Waals surface area contributed by atoms with Crippen LogP contribution in [0.3, 0.4) is 0 Å². The van der Waals surface area contributed by atoms with Gasteiger partial charge in [0.1, 0.15) is 5.75 Å². The predicted molar refractivity (Wildman–Crippen MR) is 100 cm³/mol. The Labute approximate surface area is 148 Å². The first-order chi connectivity index (χ1) is 11.6. The van der Waals surface area contributed by atoms with Crippen molar-refractivity contribution in [3.8, 4) is 5.75 Å². The Morgan fingerprint density at radius 3 is 2.67 bits per heavy atom. The van der Waals surface area contributed by atoms with Crippen LogP contribution < -0.4 is 9.64 Å². The van der Waals surface area contributed by atoms with Gasteiger partial charge in [-0.15, -0.1) is 11.8 Å². The summed E-state index contributed by atoms with van der Waals surface area (Å²) in [6.07, 6.45) is 2.00. The van der Waals surface area contributed by atoms with Crippen LogP contribution in [-0.4, -0.2) is 24.8 Å². The first-order valence-electron chi connectivity index (χ1n) is 8.31. The van der Waals surface area contributed by atoms with Crippen LogP contribution in [-0.2, 0) is 11.2 Å². The summed E-state index contributed by atoms with van der Waals surface area (Å²) in [6.45, 7) is 4.84. The van der Waals surface area contributed by atoms with Crippen LogP contribution in [0.1, 0.15) is 24.5 Å². The molecule has 1 aliphatic rings. The summed E-state index contributed by atoms with van der Waals surface area (Å²) in [5, 5.41) is -0.136. The van der Waals surface area contributed by atoms with Gasteiger partial charge in [-0.1, -0.05) is 24.3 Å². The maximum absolute atomic E-state index is 13.1. The average molecular weight is 341 g/mol. The van der Waals surface area contributed by atoms with Crippen molar-refractivity contribution in [2.24, 2.45) is 0 Å². The first kappa shape index (κ1) is 16.9. The third-order valence-corrected chi connectivity index (χ3v) is 5.55. The number of fused-ring (bicyclic) bond motifs is 1. The molecular formula is C20H23NO2S. The third kappa shape index (κ3) is 3.29. The van der Waals surface area contributed by atoms with Crippen LogP contribution in [0.2, 0.25) is 0 Å². The average Bonchev–Trinajstić information content (AvgIpc) is 2.62. The van der Waals surface area contributed by atoms with Crippen molar-refractivity contribution in [2.45, 2.75) is 36.8 Å². The number of carbonyl (C=O) groups excluding carboxylic acids is 1. The highest BCUT2D eigenvalue weighted by Crippen LogP contribution is 2.39. The van der Waals surface area contributed by atoms with E-state index in [9.17, 15) is 4.79 Å². The number of hydrogen-bond acceptors (Lipinski definition) is 3. The van der Waals surface area contributed by atoms with Crippen molar-refractivity contribution in [3.63, 3.8) is 0 Å². The molecule has 3 rings (SSSR count). The van der Waals surface area contributed by atoms with Crippen LogP contribution in [0, 0.1) is 6.92 Å². The van der Waals surface area contributed by atoms with Crippen LogP contribution in [0.25, 0.3) is 0 Å². The number of aryl methyl sites for hydroxylation is 1. The molecule has 1 heterocycles. The molecule has 1 unspecified atom stereocenters. The SMILES string of the molecule is COc1ccc(C)c2c1N(C(=O)C(C)Sc1ccccc1)CCC2. The molecule has 0 saturated heterocycles. The van der Waals surface area contributed by atoms with Crippen molar-refractivity contribution in [1.82, 2.24) is 0 Å². The fraction of sp³-hybridized carbons (Fsp3) is 0.350. The number of anilines is 1. The predicted octanol–water partition coefficient (Wildman–Crippen LogP) is 4.46. The highest BCUT2D eigenvalue weighted by molar-refractivity contribution is 8.00. The van der Waals surface area contributed by atoms with Gasteiger partial charge >= 0.3 is 0 Å². The number of rotatable bonds is 4. The molecule has 24 heavy (non-hydrogen) atoms. The highest BCUT2D eigenvalue weighted by Gasteiger charge is 2.30. The lowest BCUT2D eigenvalue weighted by atomic mass is 9.96. The lowest BCUT2D eigenvalue weighted by Crippen LogP contribution is -2.40. The largest absolute Gasteiger partial charge is 0.495 e. The van der Waals surface area contributed by atoms with Gasteiger partial charge in [0.2, 0.25) is 5.91 Å². The van der Waals surface area contributed by atoms with Gasteiger partial charge in [-0.05, 0) is 56.0 Å². The summed E-state index contributed by atoms with van der Waals surface area (Å²) in [5.74, 6) is 0.939. The Balaban J connectivity index is 1.88. The zero-order chi connectivity index (χ0) is 17.1. The molecule has 0 aromatic heterocycles. The van der Waals surface area contributed by atoms with Crippen molar-refractivity contribution >= 4 is 23.4 Å². The monoisotopic (exact) mass is 341 g/mol. The molecule has 1 atom stereocenters. The molecule has 0 radical (unpaired) electrons. The summed E-state index contributed by atoms with van der Waals surface area (Å²) < 4.78 is 5.55. The minimum absolute atomic E-state index is 0.136. The zero-order valence-corrected chi connectivity index (χ0v) is 15.2. The lowest BCUT2D eigenvalue weighted by molar-refractivity contribution is -0.117. The maximum atomic E-state index is 13.1. The second-order valence-corrected chi connectivity index (χ2v) is 7.49. The second-order valence-electron chi connectivity index (χ2n) is 6.08. The molecule has 0 aliphatic carbocycles. The topological polar surface area (TPSA) is 29.5 Å². The fourth-order valence-corrected chi connectivity index (χ4v) is 4.16. The molecule has 0 bridgehead atoms. The van der Waals surface area contributed by atoms with Gasteiger partial charge in [0.05, 0.1) is 18.0 Å². The van der Waals surface area contributed by atoms with Gasteiger partial charge in [-0.25, -0.2) is 0 Å². The van der Waals surface area contributed by atoms with Crippen LogP contribution >= 0.6 is 11.8 Å². The van der Waals surface area contributed by atoms with E-state index in [1.54, 1.807) is 18.9 Å². The number of benzene rings is 2. The Bertz CT molecular complexity index is 730. The normalized spacial score (nSPS) is 14.9. The number of ether oxygens (including phenoxy) is 1. The molecule has 1 aliphatic heterocycles. The summed E-state index contributed by atoms with van der Waals surface area (Å²) in [5.41, 5.74) is 3.44. The summed E-state index contributed by atoms with van der Waals surface area (Å²) in [7, 11) is 1.67. The van der Waals surface area contributed by atoms with Crippen molar-refractivity contribution < 1.29 is 9.53 Å². The molecule has 2 aromatic carbocycles. The van der Waals surface area contributed by atoms with E-state index in [1.807, 2.05) is 48.2 Å². The number of thioether (sulfide) groups is 1. The molecule has 126 valence electrons. The summed E-state index contributed by atoms with van der Waals surface area (Å²) >= 11 is 1.61. The van der Waals surface area contributed by atoms with Gasteiger partial charge in [-0.2, -0.15) is 0 Å². The zero-order valence-electron chi connectivity index (χ0n) is 14.4. The molecule has 3 nitrogen and oxygen atoms in total. The van der Waals surface area contributed by atoms with Crippen molar-refractivity contribution in [1.29, 1.82) is 0 Å². The van der Waals surface area contributed by atoms with E-state index >= 15 is 0 Å². The van der Waals surface area contributed by atoms with E-state index < -0.39 is 0 Å². The molecule has 2 aromatic rings. The van der Waals surface area contributed by atoms with E-state index in [4.69, 9.17) is 4.74 Å². The standard InChI is InChI=1S/C20H23NO2S/c1-14-11-12-18(23-3)19-17(14)10-7-13-21(19)20(22)15(2)24-16-8-5-4-6-9-16/h4-6,8-9,11-12,15H,7,10,13H2,1-3H3. The molecule has 0 spiro atoms. The van der Waals surface area contributed by atoms with E-state index in [0.29, 0.717) is 0 Å². The summed E-state index contributed by atoms with van der Waals surface area (Å²) in [4.78, 5) is 16.1. The molecular weight excluding hydrogens is 318 g/mol. The Morgan fingerprint density at radius 1 is 1.21 bits per heavy atom. The Kier molecular flexibility index (Phi) is 5.14. The van der Waals surface area contributed by atoms with Gasteiger partial charge in [0, 0.05) is 11.4 Å². The minimum atomic E-state index is -0.136. The molecule has 0 fully saturated rings. The maximum Gasteiger partial charge on any atom is 0.240 e. The quantitative estimate of drug-likeness (QED) is 0.769. The Morgan fingerprint density at radius 2 is 1.96 bits per heavy atom. The number of methoxy groups -OCH3 is 1. The minimum Gasteiger partial charge on any atom is -0.495 e. The lowest BCUT2D eigenvalue weighted by Gasteiger charge is -2.33. The van der Waals surface area contributed by atoms with E-state index in [0.717, 1.165) is 35.7 Å². The highest BCUT2D eigenvalue weighted by atomic mass is 32.2. The van der Waals surface area contributed by atoms with Gasteiger partial charge in [-0.3, -0.25) is 4.79 Å². The smallest absolute Gasteiger partial charge is 0.240 e. The van der Waals surface area contributed by atoms with E-state index in [-0.39, 0.29) is 11.2 Å². The van der Waals surface area contributed by atoms with Crippen molar-refractivity contribution in [2.75, 3.05) is 18.6 Å². The van der Waals surface area contributed by atoms with E-state index in [2.05, 4.69) is 13.0 Å². The number of nitrogens with zero attached hydrogens (tertiary/aromatic N) is 1. The first-order valence-corrected chi connectivity index (χ1v) is 9.19. The van der Waals surface area contributed by atoms with Gasteiger partial charge in [0.25, 0.3) is 0 Å². The van der Waals surface area contributed by atoms with E-state index in [1.165, 1.54) is 11.1 Å². The van der Waals surface area contributed by atoms with Crippen LogP contribution in [0.4, 0.5) is 5.69 Å². The molecule has 4 heteroatoms. The molecule has 0 N–H and O–H groups in total. The van der Waals surface area contributed by atoms with Crippen LogP contribution in [0.15, 0.2) is 47.4 Å².